The van der Waals surface area contributed by atoms with E-state index in [1.165, 1.54) is 0 Å². The number of nitrogens with one attached hydrogen (secondary N) is 2. The quantitative estimate of drug-likeness (QED) is 0.711. The molecule has 2 rings (SSSR count). The average Bonchev–Trinajstić information content (AvgIpc) is 3.03. The SMILES string of the molecule is Cc1ccccc1-n1nc(C(C)(C)C)cc1NC(=O)CNC(=O)[C@@H](N)C(C)C. The summed E-state index contributed by atoms with van der Waals surface area (Å²) in [6.45, 7) is 11.8. The number of amides is 2. The Morgan fingerprint density at radius 1 is 1.21 bits per heavy atom. The Morgan fingerprint density at radius 3 is 2.43 bits per heavy atom. The normalized spacial score (nSPS) is 12.7. The number of aromatic nitrogens is 2. The molecule has 0 aliphatic heterocycles. The van der Waals surface area contributed by atoms with Gasteiger partial charge in [-0.05, 0) is 24.5 Å². The van der Waals surface area contributed by atoms with Crippen molar-refractivity contribution in [1.82, 2.24) is 15.1 Å². The summed E-state index contributed by atoms with van der Waals surface area (Å²) in [7, 11) is 0. The van der Waals surface area contributed by atoms with Crippen molar-refractivity contribution < 1.29 is 9.59 Å². The van der Waals surface area contributed by atoms with Gasteiger partial charge in [-0.25, -0.2) is 4.68 Å². The minimum Gasteiger partial charge on any atom is -0.346 e. The van der Waals surface area contributed by atoms with E-state index >= 15 is 0 Å². The molecule has 0 fully saturated rings. The lowest BCUT2D eigenvalue weighted by molar-refractivity contribution is -0.125. The molecule has 1 atom stereocenters. The molecular formula is C21H31N5O2. The van der Waals surface area contributed by atoms with Gasteiger partial charge in [0.05, 0.1) is 24.0 Å². The van der Waals surface area contributed by atoms with Crippen LogP contribution >= 0.6 is 0 Å². The minimum atomic E-state index is -0.641. The topological polar surface area (TPSA) is 102 Å². The zero-order chi connectivity index (χ0) is 21.1. The fourth-order valence-electron chi connectivity index (χ4n) is 2.60. The molecule has 0 radical (unpaired) electrons. The smallest absolute Gasteiger partial charge is 0.244 e. The third-order valence-electron chi connectivity index (χ3n) is 4.53. The molecule has 7 nitrogen and oxygen atoms in total. The summed E-state index contributed by atoms with van der Waals surface area (Å²) in [5.74, 6) is -0.112. The molecule has 0 aliphatic carbocycles. The van der Waals surface area contributed by atoms with Crippen LogP contribution in [0, 0.1) is 12.8 Å². The van der Waals surface area contributed by atoms with Crippen molar-refractivity contribution in [1.29, 1.82) is 0 Å². The molecule has 2 aromatic rings. The molecule has 7 heteroatoms. The van der Waals surface area contributed by atoms with Crippen LogP contribution in [-0.4, -0.2) is 34.2 Å². The zero-order valence-electron chi connectivity index (χ0n) is 17.5. The van der Waals surface area contributed by atoms with E-state index in [1.54, 1.807) is 4.68 Å². The molecule has 4 N–H and O–H groups in total. The van der Waals surface area contributed by atoms with Crippen LogP contribution in [0.5, 0.6) is 0 Å². The molecule has 0 bridgehead atoms. The van der Waals surface area contributed by atoms with E-state index < -0.39 is 6.04 Å². The maximum atomic E-state index is 12.4. The van der Waals surface area contributed by atoms with Crippen molar-refractivity contribution in [3.05, 3.63) is 41.6 Å². The van der Waals surface area contributed by atoms with Crippen LogP contribution in [0.1, 0.15) is 45.9 Å². The lowest BCUT2D eigenvalue weighted by Crippen LogP contribution is -2.46. The van der Waals surface area contributed by atoms with Crippen LogP contribution in [0.15, 0.2) is 30.3 Å². The summed E-state index contributed by atoms with van der Waals surface area (Å²) in [5.41, 5.74) is 8.42. The molecule has 0 spiro atoms. The van der Waals surface area contributed by atoms with Crippen LogP contribution in [0.25, 0.3) is 5.69 Å². The number of nitrogens with zero attached hydrogens (tertiary/aromatic N) is 2. The number of benzene rings is 1. The lowest BCUT2D eigenvalue weighted by Gasteiger charge is -2.15. The van der Waals surface area contributed by atoms with E-state index in [1.807, 2.05) is 51.1 Å². The predicted octanol–water partition coefficient (Wildman–Crippen LogP) is 2.52. The Kier molecular flexibility index (Phi) is 6.61. The highest BCUT2D eigenvalue weighted by Crippen LogP contribution is 2.27. The first-order valence-corrected chi connectivity index (χ1v) is 9.50. The van der Waals surface area contributed by atoms with Crippen LogP contribution < -0.4 is 16.4 Å². The summed E-state index contributed by atoms with van der Waals surface area (Å²) in [5, 5.41) is 10.2. The molecule has 28 heavy (non-hydrogen) atoms. The molecule has 1 aromatic carbocycles. The molecule has 1 heterocycles. The molecule has 0 saturated heterocycles. The Labute approximate surface area is 166 Å². The number of carbonyl (C=O) groups is 2. The number of aryl methyl sites for hydroxylation is 1. The second-order valence-electron chi connectivity index (χ2n) is 8.40. The van der Waals surface area contributed by atoms with E-state index in [2.05, 4.69) is 31.4 Å². The van der Waals surface area contributed by atoms with E-state index in [4.69, 9.17) is 10.8 Å². The van der Waals surface area contributed by atoms with Gasteiger partial charge in [0, 0.05) is 11.5 Å². The Hall–Kier alpha value is -2.67. The minimum absolute atomic E-state index is 0.0000993. The first kappa shape index (κ1) is 21.6. The summed E-state index contributed by atoms with van der Waals surface area (Å²) >= 11 is 0. The van der Waals surface area contributed by atoms with Crippen molar-refractivity contribution in [2.45, 2.75) is 53.0 Å². The number of nitrogens with two attached hydrogens (primary N) is 1. The Balaban J connectivity index is 2.22. The van der Waals surface area contributed by atoms with Gasteiger partial charge in [0.1, 0.15) is 5.82 Å². The highest BCUT2D eigenvalue weighted by atomic mass is 16.2. The van der Waals surface area contributed by atoms with Gasteiger partial charge in [-0.15, -0.1) is 0 Å². The number of hydrogen-bond acceptors (Lipinski definition) is 4. The highest BCUT2D eigenvalue weighted by molar-refractivity contribution is 5.95. The number of anilines is 1. The lowest BCUT2D eigenvalue weighted by atomic mass is 9.92. The van der Waals surface area contributed by atoms with E-state index in [0.717, 1.165) is 16.9 Å². The fourth-order valence-corrected chi connectivity index (χ4v) is 2.60. The van der Waals surface area contributed by atoms with Gasteiger partial charge in [0.25, 0.3) is 0 Å². The average molecular weight is 386 g/mol. The first-order valence-electron chi connectivity index (χ1n) is 9.50. The van der Waals surface area contributed by atoms with Crippen molar-refractivity contribution in [2.75, 3.05) is 11.9 Å². The second kappa shape index (κ2) is 8.56. The molecule has 0 aliphatic rings. The zero-order valence-corrected chi connectivity index (χ0v) is 17.5. The first-order chi connectivity index (χ1) is 13.0. The van der Waals surface area contributed by atoms with Crippen molar-refractivity contribution in [3.8, 4) is 5.69 Å². The van der Waals surface area contributed by atoms with E-state index in [0.29, 0.717) is 5.82 Å². The predicted molar refractivity (Wildman–Crippen MR) is 111 cm³/mol. The molecular weight excluding hydrogens is 354 g/mol. The van der Waals surface area contributed by atoms with E-state index in [-0.39, 0.29) is 29.7 Å². The van der Waals surface area contributed by atoms with Gasteiger partial charge < -0.3 is 16.4 Å². The second-order valence-corrected chi connectivity index (χ2v) is 8.40. The van der Waals surface area contributed by atoms with Gasteiger partial charge in [0.2, 0.25) is 11.8 Å². The number of hydrogen-bond donors (Lipinski definition) is 3. The number of para-hydroxylation sites is 1. The van der Waals surface area contributed by atoms with Crippen LogP contribution in [-0.2, 0) is 15.0 Å². The van der Waals surface area contributed by atoms with Crippen molar-refractivity contribution in [2.24, 2.45) is 11.7 Å². The van der Waals surface area contributed by atoms with Crippen molar-refractivity contribution in [3.63, 3.8) is 0 Å². The Bertz CT molecular complexity index is 849. The maximum Gasteiger partial charge on any atom is 0.244 e. The van der Waals surface area contributed by atoms with Gasteiger partial charge in [-0.1, -0.05) is 52.8 Å². The summed E-state index contributed by atoms with van der Waals surface area (Å²) in [6, 6.07) is 9.06. The molecule has 1 aromatic heterocycles. The summed E-state index contributed by atoms with van der Waals surface area (Å²) in [4.78, 5) is 24.4. The standard InChI is InChI=1S/C21H31N5O2/c1-13(2)19(22)20(28)23-12-18(27)24-17-11-16(21(4,5)6)25-26(17)15-10-8-7-9-14(15)3/h7-11,13,19H,12,22H2,1-6H3,(H,23,28)(H,24,27)/t19-/m0/s1. The van der Waals surface area contributed by atoms with E-state index in [9.17, 15) is 9.59 Å². The van der Waals surface area contributed by atoms with Gasteiger partial charge in [-0.2, -0.15) is 5.10 Å². The van der Waals surface area contributed by atoms with Gasteiger partial charge >= 0.3 is 0 Å². The Morgan fingerprint density at radius 2 is 1.86 bits per heavy atom. The molecule has 152 valence electrons. The number of carbonyl (C=O) groups excluding carboxylic acids is 2. The molecule has 0 saturated carbocycles. The molecule has 2 amide bonds. The van der Waals surface area contributed by atoms with Crippen LogP contribution in [0.2, 0.25) is 0 Å². The van der Waals surface area contributed by atoms with Crippen LogP contribution in [0.4, 0.5) is 5.82 Å². The highest BCUT2D eigenvalue weighted by Gasteiger charge is 2.22. The summed E-state index contributed by atoms with van der Waals surface area (Å²) in [6.07, 6.45) is 0. The van der Waals surface area contributed by atoms with Gasteiger partial charge in [-0.3, -0.25) is 9.59 Å². The molecule has 0 unspecified atom stereocenters. The maximum absolute atomic E-state index is 12.4. The summed E-state index contributed by atoms with van der Waals surface area (Å²) < 4.78 is 1.73. The largest absolute Gasteiger partial charge is 0.346 e. The number of rotatable bonds is 6. The third kappa shape index (κ3) is 5.19. The fraction of sp³-hybridized carbons (Fsp3) is 0.476. The van der Waals surface area contributed by atoms with Crippen LogP contribution in [0.3, 0.4) is 0 Å². The van der Waals surface area contributed by atoms with Crippen molar-refractivity contribution >= 4 is 17.6 Å². The van der Waals surface area contributed by atoms with Gasteiger partial charge in [0.15, 0.2) is 0 Å². The third-order valence-corrected chi connectivity index (χ3v) is 4.53. The monoisotopic (exact) mass is 385 g/mol.